The number of hydrogen-bond acceptors (Lipinski definition) is 3. The third kappa shape index (κ3) is 4.73. The van der Waals surface area contributed by atoms with Crippen molar-refractivity contribution in [1.29, 1.82) is 0 Å². The molecule has 0 spiro atoms. The van der Waals surface area contributed by atoms with Crippen LogP contribution in [0.1, 0.15) is 25.8 Å². The summed E-state index contributed by atoms with van der Waals surface area (Å²) in [6, 6.07) is 8.93. The normalized spacial score (nSPS) is 13.4. The lowest BCUT2D eigenvalue weighted by Crippen LogP contribution is -2.45. The molecule has 0 aliphatic rings. The van der Waals surface area contributed by atoms with Gasteiger partial charge in [-0.25, -0.2) is 4.79 Å². The zero-order chi connectivity index (χ0) is 14.3. The largest absolute Gasteiger partial charge is 0.467 e. The van der Waals surface area contributed by atoms with Crippen LogP contribution in [0.5, 0.6) is 0 Å². The van der Waals surface area contributed by atoms with Gasteiger partial charge in [0.25, 0.3) is 0 Å². The van der Waals surface area contributed by atoms with E-state index in [0.717, 1.165) is 12.0 Å². The highest BCUT2D eigenvalue weighted by atomic mass is 16.5. The summed E-state index contributed by atoms with van der Waals surface area (Å²) in [4.78, 5) is 23.6. The molecule has 0 fully saturated rings. The molecular formula is C15H21NO3. The first kappa shape index (κ1) is 15.2. The van der Waals surface area contributed by atoms with Gasteiger partial charge in [-0.2, -0.15) is 0 Å². The molecule has 0 radical (unpaired) electrons. The molecule has 0 saturated heterocycles. The van der Waals surface area contributed by atoms with Gasteiger partial charge < -0.3 is 10.1 Å². The Morgan fingerprint density at radius 1 is 1.26 bits per heavy atom. The van der Waals surface area contributed by atoms with E-state index in [1.54, 1.807) is 0 Å². The van der Waals surface area contributed by atoms with Gasteiger partial charge in [-0.1, -0.05) is 44.2 Å². The van der Waals surface area contributed by atoms with Crippen LogP contribution in [0.3, 0.4) is 0 Å². The quantitative estimate of drug-likeness (QED) is 0.798. The Hall–Kier alpha value is -1.84. The second kappa shape index (κ2) is 7.56. The van der Waals surface area contributed by atoms with Crippen LogP contribution in [0.25, 0.3) is 0 Å². The third-order valence-electron chi connectivity index (χ3n) is 3.14. The Morgan fingerprint density at radius 3 is 2.42 bits per heavy atom. The zero-order valence-electron chi connectivity index (χ0n) is 11.7. The van der Waals surface area contributed by atoms with E-state index in [4.69, 9.17) is 4.74 Å². The number of ether oxygens (including phenoxy) is 1. The van der Waals surface area contributed by atoms with Crippen molar-refractivity contribution in [3.63, 3.8) is 0 Å². The van der Waals surface area contributed by atoms with Crippen LogP contribution >= 0.6 is 0 Å². The highest BCUT2D eigenvalue weighted by Crippen LogP contribution is 2.07. The molecule has 1 aromatic carbocycles. The maximum Gasteiger partial charge on any atom is 0.328 e. The molecule has 1 aromatic rings. The number of nitrogens with one attached hydrogen (secondary N) is 1. The van der Waals surface area contributed by atoms with Crippen molar-refractivity contribution in [2.24, 2.45) is 5.92 Å². The van der Waals surface area contributed by atoms with E-state index < -0.39 is 12.0 Å². The van der Waals surface area contributed by atoms with E-state index >= 15 is 0 Å². The molecule has 1 N–H and O–H groups in total. The fourth-order valence-corrected chi connectivity index (χ4v) is 1.68. The summed E-state index contributed by atoms with van der Waals surface area (Å²) in [6.45, 7) is 3.78. The second-order valence-corrected chi connectivity index (χ2v) is 4.58. The number of carbonyl (C=O) groups excluding carboxylic acids is 2. The third-order valence-corrected chi connectivity index (χ3v) is 3.14. The Labute approximate surface area is 114 Å². The molecule has 19 heavy (non-hydrogen) atoms. The number of hydrogen-bond donors (Lipinski definition) is 1. The van der Waals surface area contributed by atoms with Gasteiger partial charge in [0.15, 0.2) is 0 Å². The van der Waals surface area contributed by atoms with E-state index in [2.05, 4.69) is 5.32 Å². The van der Waals surface area contributed by atoms with Crippen LogP contribution in [0.15, 0.2) is 30.3 Å². The van der Waals surface area contributed by atoms with Crippen LogP contribution in [0.4, 0.5) is 0 Å². The van der Waals surface area contributed by atoms with Crippen molar-refractivity contribution in [3.05, 3.63) is 35.9 Å². The van der Waals surface area contributed by atoms with Gasteiger partial charge in [-0.05, 0) is 12.0 Å². The zero-order valence-corrected chi connectivity index (χ0v) is 11.7. The van der Waals surface area contributed by atoms with Crippen molar-refractivity contribution >= 4 is 11.9 Å². The molecule has 1 rings (SSSR count). The first-order valence-electron chi connectivity index (χ1n) is 6.50. The Balaban J connectivity index is 2.73. The monoisotopic (exact) mass is 263 g/mol. The van der Waals surface area contributed by atoms with E-state index in [1.165, 1.54) is 7.11 Å². The number of rotatable bonds is 6. The summed E-state index contributed by atoms with van der Waals surface area (Å²) < 4.78 is 4.75. The van der Waals surface area contributed by atoms with Crippen molar-refractivity contribution < 1.29 is 14.3 Å². The molecule has 2 atom stereocenters. The van der Waals surface area contributed by atoms with Gasteiger partial charge in [-0.3, -0.25) is 4.79 Å². The average molecular weight is 263 g/mol. The number of esters is 1. The molecule has 0 aliphatic carbocycles. The number of benzene rings is 1. The summed E-state index contributed by atoms with van der Waals surface area (Å²) in [7, 11) is 1.33. The summed E-state index contributed by atoms with van der Waals surface area (Å²) >= 11 is 0. The van der Waals surface area contributed by atoms with Crippen LogP contribution in [-0.2, 0) is 20.7 Å². The summed E-state index contributed by atoms with van der Waals surface area (Å²) in [5, 5.41) is 2.75. The smallest absolute Gasteiger partial charge is 0.328 e. The van der Waals surface area contributed by atoms with Crippen LogP contribution in [0, 0.1) is 5.92 Å². The van der Waals surface area contributed by atoms with E-state index in [0.29, 0.717) is 6.42 Å². The molecule has 4 heteroatoms. The number of methoxy groups -OCH3 is 1. The van der Waals surface area contributed by atoms with Gasteiger partial charge in [-0.15, -0.1) is 0 Å². The Kier molecular flexibility index (Phi) is 6.06. The summed E-state index contributed by atoms with van der Waals surface area (Å²) in [5.74, 6) is -0.641. The fourth-order valence-electron chi connectivity index (χ4n) is 1.68. The van der Waals surface area contributed by atoms with Crippen LogP contribution < -0.4 is 5.32 Å². The maximum atomic E-state index is 11.9. The molecule has 0 aromatic heterocycles. The van der Waals surface area contributed by atoms with Gasteiger partial charge >= 0.3 is 5.97 Å². The van der Waals surface area contributed by atoms with Gasteiger partial charge in [0, 0.05) is 12.3 Å². The van der Waals surface area contributed by atoms with Crippen molar-refractivity contribution in [2.45, 2.75) is 32.7 Å². The first-order valence-corrected chi connectivity index (χ1v) is 6.50. The van der Waals surface area contributed by atoms with Gasteiger partial charge in [0.2, 0.25) is 5.91 Å². The molecule has 0 aliphatic heterocycles. The lowest BCUT2D eigenvalue weighted by molar-refractivity contribution is -0.145. The van der Waals surface area contributed by atoms with E-state index in [-0.39, 0.29) is 11.8 Å². The fraction of sp³-hybridized carbons (Fsp3) is 0.467. The minimum Gasteiger partial charge on any atom is -0.467 e. The molecule has 0 heterocycles. The minimum absolute atomic E-state index is 0.108. The molecular weight excluding hydrogens is 242 g/mol. The predicted octanol–water partition coefficient (Wildman–Crippen LogP) is 1.93. The highest BCUT2D eigenvalue weighted by Gasteiger charge is 2.23. The second-order valence-electron chi connectivity index (χ2n) is 4.58. The van der Waals surface area contributed by atoms with Crippen molar-refractivity contribution in [1.82, 2.24) is 5.32 Å². The lowest BCUT2D eigenvalue weighted by atomic mass is 10.0. The molecule has 104 valence electrons. The summed E-state index contributed by atoms with van der Waals surface area (Å²) in [5.41, 5.74) is 0.988. The SMILES string of the molecule is CC[C@H](C)C(=O)NC(Cc1ccccc1)C(=O)OC. The molecule has 4 nitrogen and oxygen atoms in total. The number of amides is 1. The number of carbonyl (C=O) groups is 2. The van der Waals surface area contributed by atoms with E-state index in [9.17, 15) is 9.59 Å². The van der Waals surface area contributed by atoms with Crippen molar-refractivity contribution in [3.8, 4) is 0 Å². The Bertz CT molecular complexity index is 417. The van der Waals surface area contributed by atoms with Gasteiger partial charge in [0.05, 0.1) is 7.11 Å². The lowest BCUT2D eigenvalue weighted by Gasteiger charge is -2.18. The molecule has 1 unspecified atom stereocenters. The van der Waals surface area contributed by atoms with E-state index in [1.807, 2.05) is 44.2 Å². The maximum absolute atomic E-state index is 11.9. The van der Waals surface area contributed by atoms with Crippen LogP contribution in [0.2, 0.25) is 0 Å². The van der Waals surface area contributed by atoms with Crippen LogP contribution in [-0.4, -0.2) is 25.0 Å². The predicted molar refractivity (Wildman–Crippen MR) is 73.5 cm³/mol. The van der Waals surface area contributed by atoms with Gasteiger partial charge in [0.1, 0.15) is 6.04 Å². The molecule has 0 bridgehead atoms. The first-order chi connectivity index (χ1) is 9.08. The summed E-state index contributed by atoms with van der Waals surface area (Å²) in [6.07, 6.45) is 1.18. The Morgan fingerprint density at radius 2 is 1.89 bits per heavy atom. The average Bonchev–Trinajstić information content (AvgIpc) is 2.45. The topological polar surface area (TPSA) is 55.4 Å². The highest BCUT2D eigenvalue weighted by molar-refractivity contribution is 5.85. The molecule has 0 saturated carbocycles. The standard InChI is InChI=1S/C15H21NO3/c1-4-11(2)14(17)16-13(15(18)19-3)10-12-8-6-5-7-9-12/h5-9,11,13H,4,10H2,1-3H3,(H,16,17)/t11-,13?/m0/s1. The van der Waals surface area contributed by atoms with Crippen molar-refractivity contribution in [2.75, 3.05) is 7.11 Å². The minimum atomic E-state index is -0.631. The molecule has 1 amide bonds.